The first-order chi connectivity index (χ1) is 13.7. The summed E-state index contributed by atoms with van der Waals surface area (Å²) in [7, 11) is 0. The molecule has 0 bridgehead atoms. The van der Waals surface area contributed by atoms with E-state index in [1.807, 2.05) is 49.4 Å². The standard InChI is InChI=1S/C23H21N3O2/c1-16-6-4-10-19(14-16)23-25-22(28-26-23)15-24-21(27)13-12-18-9-5-8-17-7-2-3-11-20(17)18/h2-11,14H,12-13,15H2,1H3,(H,24,27). The molecule has 0 saturated heterocycles. The zero-order valence-electron chi connectivity index (χ0n) is 15.7. The summed E-state index contributed by atoms with van der Waals surface area (Å²) >= 11 is 0. The van der Waals surface area contributed by atoms with Gasteiger partial charge in [-0.05, 0) is 35.7 Å². The van der Waals surface area contributed by atoms with Crippen molar-refractivity contribution < 1.29 is 9.32 Å². The lowest BCUT2D eigenvalue weighted by atomic mass is 10.0. The SMILES string of the molecule is Cc1cccc(-c2noc(CNC(=O)CCc3cccc4ccccc34)n2)c1. The average molecular weight is 371 g/mol. The molecule has 1 aromatic heterocycles. The van der Waals surface area contributed by atoms with Crippen molar-refractivity contribution in [2.24, 2.45) is 0 Å². The quantitative estimate of drug-likeness (QED) is 0.544. The van der Waals surface area contributed by atoms with E-state index in [-0.39, 0.29) is 12.5 Å². The first kappa shape index (κ1) is 17.9. The minimum absolute atomic E-state index is 0.0387. The number of hydrogen-bond acceptors (Lipinski definition) is 4. The Labute approximate surface area is 163 Å². The number of carbonyl (C=O) groups excluding carboxylic acids is 1. The van der Waals surface area contributed by atoms with Gasteiger partial charge in [-0.3, -0.25) is 4.79 Å². The Hall–Kier alpha value is -3.47. The number of rotatable bonds is 6. The van der Waals surface area contributed by atoms with Crippen LogP contribution >= 0.6 is 0 Å². The third-order valence-corrected chi connectivity index (χ3v) is 4.68. The van der Waals surface area contributed by atoms with Crippen LogP contribution in [0.3, 0.4) is 0 Å². The molecule has 0 unspecified atom stereocenters. The van der Waals surface area contributed by atoms with Crippen molar-refractivity contribution in [3.63, 3.8) is 0 Å². The van der Waals surface area contributed by atoms with Gasteiger partial charge in [0.2, 0.25) is 17.6 Å². The maximum atomic E-state index is 12.2. The van der Waals surface area contributed by atoms with E-state index in [1.165, 1.54) is 16.3 Å². The van der Waals surface area contributed by atoms with E-state index in [0.29, 0.717) is 24.6 Å². The molecule has 1 amide bonds. The Balaban J connectivity index is 1.34. The number of amides is 1. The maximum absolute atomic E-state index is 12.2. The van der Waals surface area contributed by atoms with E-state index in [0.717, 1.165) is 11.1 Å². The van der Waals surface area contributed by atoms with Crippen LogP contribution in [-0.2, 0) is 17.8 Å². The molecule has 0 aliphatic heterocycles. The van der Waals surface area contributed by atoms with Crippen molar-refractivity contribution in [1.82, 2.24) is 15.5 Å². The number of benzene rings is 3. The van der Waals surface area contributed by atoms with Gasteiger partial charge in [-0.15, -0.1) is 0 Å². The molecule has 5 heteroatoms. The van der Waals surface area contributed by atoms with Crippen molar-refractivity contribution >= 4 is 16.7 Å². The van der Waals surface area contributed by atoms with E-state index >= 15 is 0 Å². The Morgan fingerprint density at radius 2 is 1.86 bits per heavy atom. The predicted octanol–water partition coefficient (Wildman–Crippen LogP) is 4.45. The van der Waals surface area contributed by atoms with Gasteiger partial charge in [0, 0.05) is 12.0 Å². The summed E-state index contributed by atoms with van der Waals surface area (Å²) < 4.78 is 5.25. The topological polar surface area (TPSA) is 68.0 Å². The van der Waals surface area contributed by atoms with Crippen molar-refractivity contribution in [2.75, 3.05) is 0 Å². The number of aromatic nitrogens is 2. The summed E-state index contributed by atoms with van der Waals surface area (Å²) in [6, 6.07) is 22.3. The van der Waals surface area contributed by atoms with E-state index < -0.39 is 0 Å². The number of fused-ring (bicyclic) bond motifs is 1. The van der Waals surface area contributed by atoms with Gasteiger partial charge in [0.05, 0.1) is 6.54 Å². The lowest BCUT2D eigenvalue weighted by Crippen LogP contribution is -2.23. The fraction of sp³-hybridized carbons (Fsp3) is 0.174. The van der Waals surface area contributed by atoms with Crippen LogP contribution in [0, 0.1) is 6.92 Å². The van der Waals surface area contributed by atoms with Crippen molar-refractivity contribution in [3.8, 4) is 11.4 Å². The minimum Gasteiger partial charge on any atom is -0.347 e. The minimum atomic E-state index is -0.0387. The van der Waals surface area contributed by atoms with E-state index in [1.54, 1.807) is 0 Å². The lowest BCUT2D eigenvalue weighted by molar-refractivity contribution is -0.121. The van der Waals surface area contributed by atoms with Crippen LogP contribution in [0.1, 0.15) is 23.4 Å². The Bertz CT molecular complexity index is 1110. The summed E-state index contributed by atoms with van der Waals surface area (Å²) in [4.78, 5) is 16.6. The summed E-state index contributed by atoms with van der Waals surface area (Å²) in [6.07, 6.45) is 1.10. The van der Waals surface area contributed by atoms with Crippen LogP contribution in [0.25, 0.3) is 22.2 Å². The summed E-state index contributed by atoms with van der Waals surface area (Å²) in [5.41, 5.74) is 3.20. The monoisotopic (exact) mass is 371 g/mol. The number of carbonyl (C=O) groups is 1. The molecule has 1 N–H and O–H groups in total. The van der Waals surface area contributed by atoms with E-state index in [4.69, 9.17) is 4.52 Å². The highest BCUT2D eigenvalue weighted by Crippen LogP contribution is 2.20. The molecule has 140 valence electrons. The molecule has 3 aromatic carbocycles. The van der Waals surface area contributed by atoms with Gasteiger partial charge in [0.25, 0.3) is 0 Å². The van der Waals surface area contributed by atoms with Crippen LogP contribution < -0.4 is 5.32 Å². The first-order valence-corrected chi connectivity index (χ1v) is 9.32. The second-order valence-corrected chi connectivity index (χ2v) is 6.80. The van der Waals surface area contributed by atoms with Crippen LogP contribution in [0.4, 0.5) is 0 Å². The molecule has 5 nitrogen and oxygen atoms in total. The molecule has 0 spiro atoms. The highest BCUT2D eigenvalue weighted by Gasteiger charge is 2.10. The van der Waals surface area contributed by atoms with Crippen molar-refractivity contribution in [1.29, 1.82) is 0 Å². The summed E-state index contributed by atoms with van der Waals surface area (Å²) in [5, 5.41) is 9.24. The zero-order valence-corrected chi connectivity index (χ0v) is 15.7. The molecule has 4 rings (SSSR count). The predicted molar refractivity (Wildman–Crippen MR) is 109 cm³/mol. The molecule has 4 aromatic rings. The van der Waals surface area contributed by atoms with Crippen molar-refractivity contribution in [2.45, 2.75) is 26.3 Å². The number of nitrogens with one attached hydrogen (secondary N) is 1. The molecule has 0 saturated carbocycles. The third kappa shape index (κ3) is 4.09. The van der Waals surface area contributed by atoms with Crippen molar-refractivity contribution in [3.05, 3.63) is 83.7 Å². The van der Waals surface area contributed by atoms with Crippen LogP contribution in [-0.4, -0.2) is 16.0 Å². The number of aryl methyl sites for hydroxylation is 2. The van der Waals surface area contributed by atoms with E-state index in [9.17, 15) is 4.79 Å². The molecule has 0 fully saturated rings. The van der Waals surface area contributed by atoms with Gasteiger partial charge < -0.3 is 9.84 Å². The fourth-order valence-corrected chi connectivity index (χ4v) is 3.25. The normalized spacial score (nSPS) is 10.9. The highest BCUT2D eigenvalue weighted by molar-refractivity contribution is 5.86. The molecule has 1 heterocycles. The number of hydrogen-bond donors (Lipinski definition) is 1. The van der Waals surface area contributed by atoms with Gasteiger partial charge in [0.15, 0.2) is 0 Å². The largest absolute Gasteiger partial charge is 0.347 e. The van der Waals surface area contributed by atoms with Crippen LogP contribution in [0.2, 0.25) is 0 Å². The molecular formula is C23H21N3O2. The van der Waals surface area contributed by atoms with Gasteiger partial charge in [-0.1, -0.05) is 71.4 Å². The summed E-state index contributed by atoms with van der Waals surface area (Å²) in [6.45, 7) is 2.24. The molecular weight excluding hydrogens is 350 g/mol. The van der Waals surface area contributed by atoms with Crippen LogP contribution in [0.15, 0.2) is 71.3 Å². The third-order valence-electron chi connectivity index (χ3n) is 4.68. The zero-order chi connectivity index (χ0) is 19.3. The fourth-order valence-electron chi connectivity index (χ4n) is 3.25. The molecule has 0 atom stereocenters. The lowest BCUT2D eigenvalue weighted by Gasteiger charge is -2.06. The molecule has 28 heavy (non-hydrogen) atoms. The smallest absolute Gasteiger partial charge is 0.246 e. The second-order valence-electron chi connectivity index (χ2n) is 6.80. The highest BCUT2D eigenvalue weighted by atomic mass is 16.5. The Kier molecular flexibility index (Phi) is 5.15. The number of nitrogens with zero attached hydrogens (tertiary/aromatic N) is 2. The molecule has 0 aliphatic carbocycles. The maximum Gasteiger partial charge on any atom is 0.246 e. The van der Waals surface area contributed by atoms with Crippen LogP contribution in [0.5, 0.6) is 0 Å². The van der Waals surface area contributed by atoms with Gasteiger partial charge >= 0.3 is 0 Å². The Morgan fingerprint density at radius 3 is 2.75 bits per heavy atom. The van der Waals surface area contributed by atoms with Gasteiger partial charge in [-0.25, -0.2) is 0 Å². The van der Waals surface area contributed by atoms with Gasteiger partial charge in [0.1, 0.15) is 0 Å². The van der Waals surface area contributed by atoms with Gasteiger partial charge in [-0.2, -0.15) is 4.98 Å². The first-order valence-electron chi connectivity index (χ1n) is 9.32. The molecule has 0 aliphatic rings. The Morgan fingerprint density at radius 1 is 1.04 bits per heavy atom. The average Bonchev–Trinajstić information content (AvgIpc) is 3.20. The van der Waals surface area contributed by atoms with E-state index in [2.05, 4.69) is 39.7 Å². The summed E-state index contributed by atoms with van der Waals surface area (Å²) in [5.74, 6) is 0.891. The second kappa shape index (κ2) is 8.05. The molecule has 0 radical (unpaired) electrons.